The van der Waals surface area contributed by atoms with Crippen LogP contribution in [-0.2, 0) is 6.42 Å². The summed E-state index contributed by atoms with van der Waals surface area (Å²) in [4.78, 5) is 2.24. The van der Waals surface area contributed by atoms with Gasteiger partial charge in [-0.05, 0) is 25.1 Å². The minimum Gasteiger partial charge on any atom is -0.391 e. The van der Waals surface area contributed by atoms with Gasteiger partial charge in [0.1, 0.15) is 0 Å². The molecule has 0 aliphatic heterocycles. The van der Waals surface area contributed by atoms with Crippen molar-refractivity contribution in [3.63, 3.8) is 0 Å². The van der Waals surface area contributed by atoms with Crippen molar-refractivity contribution < 1.29 is 5.11 Å². The molecule has 0 unspecified atom stereocenters. The van der Waals surface area contributed by atoms with E-state index in [-0.39, 0.29) is 6.10 Å². The molecule has 0 saturated heterocycles. The molecule has 1 aromatic carbocycles. The average molecular weight is 207 g/mol. The molecule has 0 bridgehead atoms. The third kappa shape index (κ3) is 4.45. The smallest absolute Gasteiger partial charge is 0.0707 e. The summed E-state index contributed by atoms with van der Waals surface area (Å²) in [5.41, 5.74) is 1.21. The highest BCUT2D eigenvalue weighted by Crippen LogP contribution is 2.04. The fourth-order valence-corrected chi connectivity index (χ4v) is 1.73. The first-order valence-corrected chi connectivity index (χ1v) is 5.70. The zero-order valence-corrected chi connectivity index (χ0v) is 9.69. The van der Waals surface area contributed by atoms with Gasteiger partial charge in [-0.3, -0.25) is 0 Å². The normalized spacial score (nSPS) is 13.1. The van der Waals surface area contributed by atoms with Gasteiger partial charge in [-0.1, -0.05) is 44.2 Å². The van der Waals surface area contributed by atoms with Gasteiger partial charge in [-0.15, -0.1) is 0 Å². The van der Waals surface area contributed by atoms with Crippen LogP contribution in [0.5, 0.6) is 0 Å². The molecule has 0 fully saturated rings. The number of nitrogens with zero attached hydrogens (tertiary/aromatic N) is 1. The number of likely N-dealkylation sites (N-methyl/N-ethyl adjacent to an activating group) is 1. The number of aliphatic hydroxyl groups is 1. The molecule has 0 amide bonds. The molecule has 0 saturated carbocycles. The Labute approximate surface area is 92.5 Å². The van der Waals surface area contributed by atoms with E-state index in [0.29, 0.717) is 0 Å². The molecular weight excluding hydrogens is 186 g/mol. The average Bonchev–Trinajstić information content (AvgIpc) is 2.27. The van der Waals surface area contributed by atoms with E-state index in [9.17, 15) is 5.11 Å². The van der Waals surface area contributed by atoms with Crippen LogP contribution in [-0.4, -0.2) is 35.7 Å². The van der Waals surface area contributed by atoms with Crippen LogP contribution in [0.1, 0.15) is 19.4 Å². The van der Waals surface area contributed by atoms with E-state index in [1.807, 2.05) is 18.2 Å². The molecule has 0 heterocycles. The summed E-state index contributed by atoms with van der Waals surface area (Å²) in [6.07, 6.45) is 0.490. The number of hydrogen-bond donors (Lipinski definition) is 1. The summed E-state index contributed by atoms with van der Waals surface area (Å²) in [6, 6.07) is 10.1. The standard InChI is InChI=1S/C13H21NO/c1-3-14(4-2)11-13(15)10-12-8-6-5-7-9-12/h5-9,13,15H,3-4,10-11H2,1-2H3/t13-/m1/s1. The Morgan fingerprint density at radius 2 is 1.73 bits per heavy atom. The number of hydrogen-bond acceptors (Lipinski definition) is 2. The van der Waals surface area contributed by atoms with Gasteiger partial charge in [0.15, 0.2) is 0 Å². The Morgan fingerprint density at radius 3 is 2.27 bits per heavy atom. The van der Waals surface area contributed by atoms with E-state index in [1.54, 1.807) is 0 Å². The van der Waals surface area contributed by atoms with E-state index in [0.717, 1.165) is 26.1 Å². The maximum atomic E-state index is 9.89. The zero-order valence-electron chi connectivity index (χ0n) is 9.69. The molecule has 2 nitrogen and oxygen atoms in total. The monoisotopic (exact) mass is 207 g/mol. The van der Waals surface area contributed by atoms with Crippen molar-refractivity contribution in [1.82, 2.24) is 4.90 Å². The molecule has 1 N–H and O–H groups in total. The zero-order chi connectivity index (χ0) is 11.1. The largest absolute Gasteiger partial charge is 0.391 e. The summed E-state index contributed by atoms with van der Waals surface area (Å²) < 4.78 is 0. The van der Waals surface area contributed by atoms with Crippen LogP contribution in [0.2, 0.25) is 0 Å². The topological polar surface area (TPSA) is 23.5 Å². The van der Waals surface area contributed by atoms with E-state index < -0.39 is 0 Å². The van der Waals surface area contributed by atoms with Crippen molar-refractivity contribution in [1.29, 1.82) is 0 Å². The fourth-order valence-electron chi connectivity index (χ4n) is 1.73. The summed E-state index contributed by atoms with van der Waals surface area (Å²) in [7, 11) is 0. The lowest BCUT2D eigenvalue weighted by Gasteiger charge is -2.21. The predicted octanol–water partition coefficient (Wildman–Crippen LogP) is 1.93. The lowest BCUT2D eigenvalue weighted by Crippen LogP contribution is -2.33. The van der Waals surface area contributed by atoms with Crippen LogP contribution in [0, 0.1) is 0 Å². The third-order valence-electron chi connectivity index (χ3n) is 2.68. The highest BCUT2D eigenvalue weighted by Gasteiger charge is 2.09. The van der Waals surface area contributed by atoms with E-state index >= 15 is 0 Å². The van der Waals surface area contributed by atoms with Crippen molar-refractivity contribution >= 4 is 0 Å². The first-order chi connectivity index (χ1) is 7.26. The van der Waals surface area contributed by atoms with Gasteiger partial charge in [0, 0.05) is 6.54 Å². The number of benzene rings is 1. The minimum atomic E-state index is -0.257. The summed E-state index contributed by atoms with van der Waals surface area (Å²) >= 11 is 0. The molecule has 0 radical (unpaired) electrons. The number of rotatable bonds is 6. The maximum Gasteiger partial charge on any atom is 0.0707 e. The Balaban J connectivity index is 2.39. The molecule has 84 valence electrons. The Hall–Kier alpha value is -0.860. The summed E-state index contributed by atoms with van der Waals surface area (Å²) in [6.45, 7) is 7.02. The van der Waals surface area contributed by atoms with E-state index in [1.165, 1.54) is 5.56 Å². The van der Waals surface area contributed by atoms with Crippen molar-refractivity contribution in [3.8, 4) is 0 Å². The first kappa shape index (κ1) is 12.2. The van der Waals surface area contributed by atoms with Gasteiger partial charge >= 0.3 is 0 Å². The highest BCUT2D eigenvalue weighted by molar-refractivity contribution is 5.15. The van der Waals surface area contributed by atoms with Crippen molar-refractivity contribution in [3.05, 3.63) is 35.9 Å². The van der Waals surface area contributed by atoms with Crippen molar-refractivity contribution in [2.75, 3.05) is 19.6 Å². The quantitative estimate of drug-likeness (QED) is 0.770. The molecule has 1 atom stereocenters. The highest BCUT2D eigenvalue weighted by atomic mass is 16.3. The molecule has 0 aliphatic carbocycles. The van der Waals surface area contributed by atoms with Gasteiger partial charge in [0.25, 0.3) is 0 Å². The summed E-state index contributed by atoms with van der Waals surface area (Å²) in [5.74, 6) is 0. The first-order valence-electron chi connectivity index (χ1n) is 5.70. The van der Waals surface area contributed by atoms with Crippen LogP contribution in [0.25, 0.3) is 0 Å². The Bertz CT molecular complexity index is 256. The minimum absolute atomic E-state index is 0.257. The lowest BCUT2D eigenvalue weighted by atomic mass is 10.1. The SMILES string of the molecule is CCN(CC)C[C@H](O)Cc1ccccc1. The number of aliphatic hydroxyl groups excluding tert-OH is 1. The fraction of sp³-hybridized carbons (Fsp3) is 0.538. The van der Waals surface area contributed by atoms with Gasteiger partial charge in [0.2, 0.25) is 0 Å². The molecule has 0 aromatic heterocycles. The van der Waals surface area contributed by atoms with Gasteiger partial charge < -0.3 is 10.0 Å². The van der Waals surface area contributed by atoms with Crippen molar-refractivity contribution in [2.24, 2.45) is 0 Å². The van der Waals surface area contributed by atoms with Crippen molar-refractivity contribution in [2.45, 2.75) is 26.4 Å². The molecule has 2 heteroatoms. The molecule has 0 spiro atoms. The molecule has 15 heavy (non-hydrogen) atoms. The maximum absolute atomic E-state index is 9.89. The van der Waals surface area contributed by atoms with E-state index in [4.69, 9.17) is 0 Å². The second-order valence-electron chi connectivity index (χ2n) is 3.83. The van der Waals surface area contributed by atoms with Crippen LogP contribution < -0.4 is 0 Å². The van der Waals surface area contributed by atoms with Gasteiger partial charge in [0.05, 0.1) is 6.10 Å². The second kappa shape index (κ2) is 6.59. The third-order valence-corrected chi connectivity index (χ3v) is 2.68. The molecule has 0 aliphatic rings. The van der Waals surface area contributed by atoms with Crippen LogP contribution in [0.3, 0.4) is 0 Å². The van der Waals surface area contributed by atoms with Crippen LogP contribution in [0.15, 0.2) is 30.3 Å². The predicted molar refractivity (Wildman–Crippen MR) is 63.9 cm³/mol. The Kier molecular flexibility index (Phi) is 5.37. The van der Waals surface area contributed by atoms with Crippen LogP contribution in [0.4, 0.5) is 0 Å². The van der Waals surface area contributed by atoms with Gasteiger partial charge in [-0.2, -0.15) is 0 Å². The van der Waals surface area contributed by atoms with Crippen LogP contribution >= 0.6 is 0 Å². The van der Waals surface area contributed by atoms with E-state index in [2.05, 4.69) is 30.9 Å². The molecular formula is C13H21NO. The van der Waals surface area contributed by atoms with Gasteiger partial charge in [-0.25, -0.2) is 0 Å². The second-order valence-corrected chi connectivity index (χ2v) is 3.83. The summed E-state index contributed by atoms with van der Waals surface area (Å²) in [5, 5.41) is 9.89. The lowest BCUT2D eigenvalue weighted by molar-refractivity contribution is 0.118. The Morgan fingerprint density at radius 1 is 1.13 bits per heavy atom. The molecule has 1 aromatic rings. The molecule has 1 rings (SSSR count).